The quantitative estimate of drug-likeness (QED) is 0.0537. The van der Waals surface area contributed by atoms with Gasteiger partial charge in [0.2, 0.25) is 0 Å². The van der Waals surface area contributed by atoms with Crippen molar-refractivity contribution in [1.82, 2.24) is 0 Å². The van der Waals surface area contributed by atoms with Crippen LogP contribution in [0.5, 0.6) is 0 Å². The second kappa shape index (κ2) is 17.1. The summed E-state index contributed by atoms with van der Waals surface area (Å²) in [5.41, 5.74) is 0.0105. The number of carbonyl (C=O) groups excluding carboxylic acids is 1. The van der Waals surface area contributed by atoms with Crippen LogP contribution in [-0.2, 0) is 18.4 Å². The van der Waals surface area contributed by atoms with E-state index in [1.165, 1.54) is 0 Å². The van der Waals surface area contributed by atoms with Gasteiger partial charge in [0.15, 0.2) is 16.6 Å². The molecule has 0 heterocycles. The molecule has 0 radical (unpaired) electrons. The number of hydrogen-bond acceptors (Lipinski definition) is 4. The third-order valence-corrected chi connectivity index (χ3v) is 16.9. The van der Waals surface area contributed by atoms with E-state index in [0.29, 0.717) is 12.2 Å². The molecule has 0 saturated heterocycles. The maximum atomic E-state index is 11.8. The first kappa shape index (κ1) is 33.5. The number of rotatable bonds is 17. The molecule has 2 atom stereocenters. The van der Waals surface area contributed by atoms with Crippen LogP contribution >= 0.6 is 22.6 Å². The molecule has 0 fully saturated rings. The number of esters is 1. The van der Waals surface area contributed by atoms with E-state index in [0.717, 1.165) is 36.3 Å². The molecule has 4 nitrogen and oxygen atoms in total. The smallest absolute Gasteiger partial charge is 0.333 e. The maximum Gasteiger partial charge on any atom is 0.333 e. The lowest BCUT2D eigenvalue weighted by Gasteiger charge is -2.45. The molecule has 0 unspecified atom stereocenters. The highest BCUT2D eigenvalue weighted by Gasteiger charge is 2.44. The molecule has 196 valence electrons. The molecule has 0 aromatic heterocycles. The van der Waals surface area contributed by atoms with E-state index in [1.807, 2.05) is 25.2 Å². The Kier molecular flexibility index (Phi) is 16.8. The van der Waals surface area contributed by atoms with E-state index in [4.69, 9.17) is 13.6 Å². The predicted octanol–water partition coefficient (Wildman–Crippen LogP) is 8.73. The molecule has 0 aromatic rings. The van der Waals surface area contributed by atoms with Crippen LogP contribution in [0.15, 0.2) is 46.1 Å². The number of carbonyl (C=O) groups is 1. The highest BCUT2D eigenvalue weighted by molar-refractivity contribution is 14.1. The SMILES string of the molecule is CCOC(=O)/C(C)=C/C=C/C=C/[C@@](C)(O[Si](CC)(CC)CC)[C@H](/C=C\I)O[Si](CC)(CC)CC. The van der Waals surface area contributed by atoms with Gasteiger partial charge in [-0.05, 0) is 67.2 Å². The summed E-state index contributed by atoms with van der Waals surface area (Å²) < 4.78 is 21.3. The first-order valence-electron chi connectivity index (χ1n) is 13.0. The number of allylic oxidation sites excluding steroid dienone is 4. The fourth-order valence-electron chi connectivity index (χ4n) is 4.13. The first-order chi connectivity index (χ1) is 16.1. The Bertz CT molecular complexity index is 693. The molecular weight excluding hydrogens is 571 g/mol. The molecule has 0 bridgehead atoms. The van der Waals surface area contributed by atoms with Gasteiger partial charge < -0.3 is 13.6 Å². The van der Waals surface area contributed by atoms with Gasteiger partial charge >= 0.3 is 5.97 Å². The first-order valence-corrected chi connectivity index (χ1v) is 19.3. The lowest BCUT2D eigenvalue weighted by Crippen LogP contribution is -2.54. The van der Waals surface area contributed by atoms with Crippen LogP contribution in [0.2, 0.25) is 36.3 Å². The second-order valence-corrected chi connectivity index (χ2v) is 19.1. The number of halogens is 1. The van der Waals surface area contributed by atoms with Crippen molar-refractivity contribution in [2.24, 2.45) is 0 Å². The lowest BCUT2D eigenvalue weighted by molar-refractivity contribution is -0.138. The van der Waals surface area contributed by atoms with E-state index in [1.54, 1.807) is 13.0 Å². The van der Waals surface area contributed by atoms with Crippen molar-refractivity contribution in [3.63, 3.8) is 0 Å². The van der Waals surface area contributed by atoms with Crippen LogP contribution in [0.4, 0.5) is 0 Å². The Morgan fingerprint density at radius 3 is 1.85 bits per heavy atom. The zero-order valence-electron chi connectivity index (χ0n) is 23.1. The number of hydrogen-bond donors (Lipinski definition) is 0. The summed E-state index contributed by atoms with van der Waals surface area (Å²) in [7, 11) is -3.77. The van der Waals surface area contributed by atoms with Crippen LogP contribution in [0, 0.1) is 0 Å². The average molecular weight is 621 g/mol. The standard InChI is InChI=1S/C27H49IO4Si2/c1-10-30-26(29)24(8)20-18-17-19-22-27(9,32-34(14-5,15-6)16-7)25(21-23-28)31-33(11-2,12-3)13-4/h17-23,25H,10-16H2,1-9H3/b18-17+,22-19+,23-21-,24-20+/t25-,27+/m0/s1. The average Bonchev–Trinajstić information content (AvgIpc) is 2.85. The molecule has 0 aliphatic rings. The molecule has 34 heavy (non-hydrogen) atoms. The van der Waals surface area contributed by atoms with E-state index >= 15 is 0 Å². The molecule has 0 aromatic carbocycles. The normalized spacial score (nSPS) is 16.5. The molecular formula is C27H49IO4Si2. The van der Waals surface area contributed by atoms with Gasteiger partial charge in [0.05, 0.1) is 12.7 Å². The Balaban J connectivity index is 6.25. The summed E-state index contributed by atoms with van der Waals surface area (Å²) in [6.45, 7) is 19.7. The lowest BCUT2D eigenvalue weighted by atomic mass is 9.98. The summed E-state index contributed by atoms with van der Waals surface area (Å²) in [5, 5.41) is 0. The molecule has 0 saturated carbocycles. The van der Waals surface area contributed by atoms with Crippen LogP contribution < -0.4 is 0 Å². The predicted molar refractivity (Wildman–Crippen MR) is 161 cm³/mol. The van der Waals surface area contributed by atoms with Gasteiger partial charge in [0.1, 0.15) is 5.60 Å². The molecule has 0 aliphatic carbocycles. The fraction of sp³-hybridized carbons (Fsp3) is 0.667. The Hall–Kier alpha value is -0.486. The molecule has 0 amide bonds. The summed E-state index contributed by atoms with van der Waals surface area (Å²) in [4.78, 5) is 11.8. The fourth-order valence-corrected chi connectivity index (χ4v) is 10.4. The topological polar surface area (TPSA) is 44.8 Å². The minimum absolute atomic E-state index is 0.145. The monoisotopic (exact) mass is 620 g/mol. The Morgan fingerprint density at radius 2 is 1.41 bits per heavy atom. The van der Waals surface area contributed by atoms with E-state index < -0.39 is 22.2 Å². The Morgan fingerprint density at radius 1 is 0.882 bits per heavy atom. The van der Waals surface area contributed by atoms with Crippen LogP contribution in [0.1, 0.15) is 62.3 Å². The van der Waals surface area contributed by atoms with Gasteiger partial charge in [-0.2, -0.15) is 0 Å². The molecule has 0 rings (SSSR count). The highest BCUT2D eigenvalue weighted by Crippen LogP contribution is 2.36. The van der Waals surface area contributed by atoms with Gasteiger partial charge in [-0.15, -0.1) is 0 Å². The van der Waals surface area contributed by atoms with Crippen molar-refractivity contribution >= 4 is 45.2 Å². The van der Waals surface area contributed by atoms with Crippen molar-refractivity contribution in [1.29, 1.82) is 0 Å². The van der Waals surface area contributed by atoms with Gasteiger partial charge in [-0.1, -0.05) is 94.5 Å². The Labute approximate surface area is 225 Å². The van der Waals surface area contributed by atoms with E-state index in [9.17, 15) is 4.79 Å². The summed E-state index contributed by atoms with van der Waals surface area (Å²) in [6, 6.07) is 6.54. The zero-order chi connectivity index (χ0) is 26.3. The van der Waals surface area contributed by atoms with Crippen molar-refractivity contribution in [3.05, 3.63) is 46.1 Å². The third-order valence-electron chi connectivity index (χ3n) is 7.08. The van der Waals surface area contributed by atoms with Crippen LogP contribution in [0.3, 0.4) is 0 Å². The zero-order valence-corrected chi connectivity index (χ0v) is 27.2. The maximum absolute atomic E-state index is 11.8. The summed E-state index contributed by atoms with van der Waals surface area (Å²) >= 11 is 2.29. The highest BCUT2D eigenvalue weighted by atomic mass is 127. The van der Waals surface area contributed by atoms with Crippen LogP contribution in [0.25, 0.3) is 0 Å². The summed E-state index contributed by atoms with van der Waals surface area (Å²) in [5.74, 6) is -0.283. The van der Waals surface area contributed by atoms with Gasteiger partial charge in [0.25, 0.3) is 0 Å². The number of ether oxygens (including phenoxy) is 1. The van der Waals surface area contributed by atoms with Crippen molar-refractivity contribution < 1.29 is 18.4 Å². The molecule has 0 N–H and O–H groups in total. The minimum Gasteiger partial charge on any atom is -0.463 e. The molecule has 0 aliphatic heterocycles. The summed E-state index contributed by atoms with van der Waals surface area (Å²) in [6.07, 6.45) is 11.8. The van der Waals surface area contributed by atoms with Gasteiger partial charge in [0, 0.05) is 5.57 Å². The van der Waals surface area contributed by atoms with E-state index in [2.05, 4.69) is 87.3 Å². The largest absolute Gasteiger partial charge is 0.463 e. The van der Waals surface area contributed by atoms with Crippen molar-refractivity contribution in [2.45, 2.75) is 110 Å². The molecule has 0 spiro atoms. The molecule has 7 heteroatoms. The van der Waals surface area contributed by atoms with Crippen LogP contribution in [-0.4, -0.2) is 40.9 Å². The minimum atomic E-state index is -1.91. The van der Waals surface area contributed by atoms with Crippen molar-refractivity contribution in [3.8, 4) is 0 Å². The van der Waals surface area contributed by atoms with Gasteiger partial charge in [-0.25, -0.2) is 4.79 Å². The van der Waals surface area contributed by atoms with E-state index in [-0.39, 0.29) is 12.1 Å². The van der Waals surface area contributed by atoms with Gasteiger partial charge in [-0.3, -0.25) is 0 Å². The van der Waals surface area contributed by atoms with Crippen molar-refractivity contribution in [2.75, 3.05) is 6.61 Å². The third kappa shape index (κ3) is 10.2. The second-order valence-electron chi connectivity index (χ2n) is 8.94.